The largest absolute Gasteiger partial charge is 0.313 e. The van der Waals surface area contributed by atoms with Crippen molar-refractivity contribution in [1.29, 1.82) is 0 Å². The first kappa shape index (κ1) is 13.2. The van der Waals surface area contributed by atoms with Crippen molar-refractivity contribution in [2.24, 2.45) is 5.92 Å². The molecule has 1 atom stereocenters. The Labute approximate surface area is 99.5 Å². The van der Waals surface area contributed by atoms with Gasteiger partial charge in [0.15, 0.2) is 0 Å². The minimum absolute atomic E-state index is 0.536. The van der Waals surface area contributed by atoms with Crippen molar-refractivity contribution < 1.29 is 0 Å². The lowest BCUT2D eigenvalue weighted by molar-refractivity contribution is 0.394. The third-order valence-corrected chi connectivity index (χ3v) is 2.86. The fourth-order valence-corrected chi connectivity index (χ4v) is 1.81. The predicted molar refractivity (Wildman–Crippen MR) is 69.6 cm³/mol. The molecule has 0 spiro atoms. The summed E-state index contributed by atoms with van der Waals surface area (Å²) in [7, 11) is 0. The van der Waals surface area contributed by atoms with Crippen LogP contribution in [0.2, 0.25) is 0 Å². The molecule has 0 bridgehead atoms. The summed E-state index contributed by atoms with van der Waals surface area (Å²) in [6.07, 6.45) is 4.12. The van der Waals surface area contributed by atoms with Gasteiger partial charge in [0.1, 0.15) is 0 Å². The van der Waals surface area contributed by atoms with E-state index < -0.39 is 0 Å². The molecule has 1 rings (SSSR count). The van der Waals surface area contributed by atoms with Crippen molar-refractivity contribution in [1.82, 2.24) is 10.3 Å². The average molecular weight is 220 g/mol. The second kappa shape index (κ2) is 6.64. The molecule has 1 aromatic rings. The molecule has 0 aliphatic heterocycles. The third-order valence-electron chi connectivity index (χ3n) is 2.86. The zero-order valence-corrected chi connectivity index (χ0v) is 11.0. The summed E-state index contributed by atoms with van der Waals surface area (Å²) in [4.78, 5) is 4.43. The van der Waals surface area contributed by atoms with Crippen molar-refractivity contribution >= 4 is 0 Å². The van der Waals surface area contributed by atoms with Crippen LogP contribution in [0.15, 0.2) is 18.3 Å². The van der Waals surface area contributed by atoms with Crippen LogP contribution in [0.3, 0.4) is 0 Å². The average Bonchev–Trinajstić information content (AvgIpc) is 2.24. The molecule has 0 radical (unpaired) electrons. The minimum atomic E-state index is 0.536. The van der Waals surface area contributed by atoms with Gasteiger partial charge in [-0.3, -0.25) is 4.98 Å². The highest BCUT2D eigenvalue weighted by molar-refractivity contribution is 5.15. The van der Waals surface area contributed by atoms with Gasteiger partial charge >= 0.3 is 0 Å². The van der Waals surface area contributed by atoms with Gasteiger partial charge in [-0.1, -0.05) is 20.8 Å². The predicted octanol–water partition coefficient (Wildman–Crippen LogP) is 2.96. The van der Waals surface area contributed by atoms with Crippen LogP contribution in [0.5, 0.6) is 0 Å². The summed E-state index contributed by atoms with van der Waals surface area (Å²) in [6.45, 7) is 9.95. The molecule has 0 aliphatic rings. The lowest BCUT2D eigenvalue weighted by Gasteiger charge is -2.22. The quantitative estimate of drug-likeness (QED) is 0.797. The van der Waals surface area contributed by atoms with E-state index in [0.29, 0.717) is 12.0 Å². The van der Waals surface area contributed by atoms with Gasteiger partial charge in [-0.15, -0.1) is 0 Å². The summed E-state index contributed by atoms with van der Waals surface area (Å²) >= 11 is 0. The van der Waals surface area contributed by atoms with E-state index in [4.69, 9.17) is 0 Å². The molecule has 0 aliphatic carbocycles. The molecule has 2 heteroatoms. The zero-order valence-electron chi connectivity index (χ0n) is 11.0. The van der Waals surface area contributed by atoms with Crippen LogP contribution < -0.4 is 5.32 Å². The molecule has 90 valence electrons. The molecule has 0 saturated carbocycles. The molecular formula is C14H24N2. The van der Waals surface area contributed by atoms with Gasteiger partial charge in [-0.25, -0.2) is 0 Å². The first-order chi connectivity index (χ1) is 7.63. The van der Waals surface area contributed by atoms with E-state index in [2.05, 4.69) is 44.1 Å². The molecule has 1 unspecified atom stereocenters. The fourth-order valence-electron chi connectivity index (χ4n) is 1.81. The van der Waals surface area contributed by atoms with Gasteiger partial charge in [0, 0.05) is 24.4 Å². The number of hydrogen-bond acceptors (Lipinski definition) is 2. The Hall–Kier alpha value is -0.890. The van der Waals surface area contributed by atoms with Crippen LogP contribution in [0.4, 0.5) is 0 Å². The summed E-state index contributed by atoms with van der Waals surface area (Å²) < 4.78 is 0. The Bertz CT molecular complexity index is 307. The smallest absolute Gasteiger partial charge is 0.0421 e. The first-order valence-corrected chi connectivity index (χ1v) is 6.28. The van der Waals surface area contributed by atoms with Gasteiger partial charge < -0.3 is 5.32 Å². The number of hydrogen-bond donors (Lipinski definition) is 1. The molecule has 0 saturated heterocycles. The van der Waals surface area contributed by atoms with Crippen molar-refractivity contribution in [2.75, 3.05) is 6.54 Å². The topological polar surface area (TPSA) is 24.9 Å². The van der Waals surface area contributed by atoms with Crippen LogP contribution in [0, 0.1) is 12.8 Å². The highest BCUT2D eigenvalue weighted by Crippen LogP contribution is 2.09. The number of nitrogens with zero attached hydrogens (tertiary/aromatic N) is 1. The second-order valence-corrected chi connectivity index (χ2v) is 4.83. The summed E-state index contributed by atoms with van der Waals surface area (Å²) in [5.41, 5.74) is 2.49. The molecule has 16 heavy (non-hydrogen) atoms. The normalized spacial score (nSPS) is 13.1. The highest BCUT2D eigenvalue weighted by Gasteiger charge is 2.13. The molecule has 0 aromatic carbocycles. The second-order valence-electron chi connectivity index (χ2n) is 4.83. The van der Waals surface area contributed by atoms with Crippen molar-refractivity contribution in [3.63, 3.8) is 0 Å². The molecule has 1 N–H and O–H groups in total. The van der Waals surface area contributed by atoms with Gasteiger partial charge in [-0.05, 0) is 43.5 Å². The van der Waals surface area contributed by atoms with Crippen LogP contribution in [-0.2, 0) is 6.42 Å². The highest BCUT2D eigenvalue weighted by atomic mass is 14.9. The molecular weight excluding hydrogens is 196 g/mol. The first-order valence-electron chi connectivity index (χ1n) is 6.28. The van der Waals surface area contributed by atoms with E-state index in [9.17, 15) is 0 Å². The maximum absolute atomic E-state index is 4.43. The van der Waals surface area contributed by atoms with Crippen molar-refractivity contribution in [3.8, 4) is 0 Å². The zero-order chi connectivity index (χ0) is 12.0. The summed E-state index contributed by atoms with van der Waals surface area (Å²) in [5.74, 6) is 0.647. The number of rotatable bonds is 6. The van der Waals surface area contributed by atoms with E-state index in [-0.39, 0.29) is 0 Å². The lowest BCUT2D eigenvalue weighted by Crippen LogP contribution is -2.36. The maximum atomic E-state index is 4.43. The number of pyridine rings is 1. The van der Waals surface area contributed by atoms with Gasteiger partial charge in [0.05, 0.1) is 0 Å². The third kappa shape index (κ3) is 4.31. The van der Waals surface area contributed by atoms with Crippen molar-refractivity contribution in [2.45, 2.75) is 46.6 Å². The number of aromatic nitrogens is 1. The standard InChI is InChI=1S/C14H24N2/c1-5-7-16-14(11(2)3)10-13-9-12(4)6-8-15-13/h6,8-9,11,14,16H,5,7,10H2,1-4H3. The summed E-state index contributed by atoms with van der Waals surface area (Å²) in [5, 5.41) is 3.60. The molecule has 0 fully saturated rings. The Balaban J connectivity index is 2.60. The van der Waals surface area contributed by atoms with Crippen molar-refractivity contribution in [3.05, 3.63) is 29.6 Å². The Morgan fingerprint density at radius 3 is 2.69 bits per heavy atom. The minimum Gasteiger partial charge on any atom is -0.313 e. The molecule has 1 heterocycles. The van der Waals surface area contributed by atoms with Gasteiger partial charge in [0.2, 0.25) is 0 Å². The van der Waals surface area contributed by atoms with Crippen LogP contribution in [0.25, 0.3) is 0 Å². The fraction of sp³-hybridized carbons (Fsp3) is 0.643. The number of aryl methyl sites for hydroxylation is 1. The van der Waals surface area contributed by atoms with E-state index in [0.717, 1.165) is 13.0 Å². The molecule has 1 aromatic heterocycles. The number of nitrogens with one attached hydrogen (secondary N) is 1. The van der Waals surface area contributed by atoms with E-state index in [1.165, 1.54) is 17.7 Å². The van der Waals surface area contributed by atoms with Gasteiger partial charge in [0.25, 0.3) is 0 Å². The van der Waals surface area contributed by atoms with Gasteiger partial charge in [-0.2, -0.15) is 0 Å². The SMILES string of the molecule is CCCNC(Cc1cc(C)ccn1)C(C)C. The Morgan fingerprint density at radius 1 is 1.38 bits per heavy atom. The molecule has 2 nitrogen and oxygen atoms in total. The monoisotopic (exact) mass is 220 g/mol. The van der Waals surface area contributed by atoms with Crippen LogP contribution in [-0.4, -0.2) is 17.6 Å². The van der Waals surface area contributed by atoms with E-state index in [1.807, 2.05) is 12.3 Å². The lowest BCUT2D eigenvalue weighted by atomic mass is 9.98. The van der Waals surface area contributed by atoms with Crippen LogP contribution in [0.1, 0.15) is 38.4 Å². The van der Waals surface area contributed by atoms with Crippen LogP contribution >= 0.6 is 0 Å². The Morgan fingerprint density at radius 2 is 2.12 bits per heavy atom. The maximum Gasteiger partial charge on any atom is 0.0421 e. The van der Waals surface area contributed by atoms with E-state index >= 15 is 0 Å². The Kier molecular flexibility index (Phi) is 5.47. The summed E-state index contributed by atoms with van der Waals surface area (Å²) in [6, 6.07) is 4.77. The molecule has 0 amide bonds. The van der Waals surface area contributed by atoms with E-state index in [1.54, 1.807) is 0 Å².